The molecule has 43 heavy (non-hydrogen) atoms. The van der Waals surface area contributed by atoms with Crippen LogP contribution >= 0.6 is 15.9 Å². The first-order valence-corrected chi connectivity index (χ1v) is 16.5. The summed E-state index contributed by atoms with van der Waals surface area (Å²) in [6.07, 6.45) is 5.07. The zero-order chi connectivity index (χ0) is 31.0. The third kappa shape index (κ3) is 8.08. The van der Waals surface area contributed by atoms with E-state index < -0.39 is 28.5 Å². The van der Waals surface area contributed by atoms with Crippen molar-refractivity contribution >= 4 is 43.5 Å². The maximum Gasteiger partial charge on any atom is 0.264 e. The third-order valence-electron chi connectivity index (χ3n) is 7.65. The second kappa shape index (κ2) is 14.7. The highest BCUT2D eigenvalue weighted by Crippen LogP contribution is 2.34. The van der Waals surface area contributed by atoms with Crippen molar-refractivity contribution in [2.45, 2.75) is 62.6 Å². The van der Waals surface area contributed by atoms with Crippen LogP contribution in [-0.2, 0) is 26.2 Å². The van der Waals surface area contributed by atoms with Crippen LogP contribution in [0, 0.1) is 0 Å². The summed E-state index contributed by atoms with van der Waals surface area (Å²) in [6, 6.07) is 19.3. The molecular weight excluding hydrogens is 634 g/mol. The lowest BCUT2D eigenvalue weighted by Crippen LogP contribution is -2.53. The van der Waals surface area contributed by atoms with Gasteiger partial charge in [-0.3, -0.25) is 13.9 Å². The van der Waals surface area contributed by atoms with Crippen LogP contribution in [0.1, 0.15) is 44.6 Å². The summed E-state index contributed by atoms with van der Waals surface area (Å²) in [6.45, 7) is 1.27. The molecule has 9 nitrogen and oxygen atoms in total. The van der Waals surface area contributed by atoms with E-state index in [0.717, 1.165) is 46.4 Å². The summed E-state index contributed by atoms with van der Waals surface area (Å²) in [5, 5.41) is 3.12. The van der Waals surface area contributed by atoms with Gasteiger partial charge < -0.3 is 19.7 Å². The van der Waals surface area contributed by atoms with Crippen molar-refractivity contribution < 1.29 is 27.5 Å². The predicted molar refractivity (Wildman–Crippen MR) is 170 cm³/mol. The average Bonchev–Trinajstić information content (AvgIpc) is 3.03. The van der Waals surface area contributed by atoms with Crippen molar-refractivity contribution in [2.75, 3.05) is 25.1 Å². The molecule has 3 aromatic rings. The molecule has 1 atom stereocenters. The smallest absolute Gasteiger partial charge is 0.264 e. The first-order valence-electron chi connectivity index (χ1n) is 14.3. The van der Waals surface area contributed by atoms with Crippen LogP contribution in [0.5, 0.6) is 11.5 Å². The molecule has 0 heterocycles. The molecule has 0 radical (unpaired) electrons. The Kier molecular flexibility index (Phi) is 11.1. The summed E-state index contributed by atoms with van der Waals surface area (Å²) in [5.41, 5.74) is 1.02. The van der Waals surface area contributed by atoms with Gasteiger partial charge in [0, 0.05) is 23.1 Å². The summed E-state index contributed by atoms with van der Waals surface area (Å²) in [7, 11) is -1.25. The molecule has 0 aromatic heterocycles. The number of anilines is 1. The molecular formula is C32H38BrN3O6S. The van der Waals surface area contributed by atoms with Gasteiger partial charge in [0.2, 0.25) is 11.8 Å². The second-order valence-corrected chi connectivity index (χ2v) is 13.3. The van der Waals surface area contributed by atoms with Crippen LogP contribution < -0.4 is 19.1 Å². The molecule has 11 heteroatoms. The van der Waals surface area contributed by atoms with Gasteiger partial charge in [-0.15, -0.1) is 0 Å². The highest BCUT2D eigenvalue weighted by Gasteiger charge is 2.33. The molecule has 1 N–H and O–H groups in total. The van der Waals surface area contributed by atoms with E-state index in [1.54, 1.807) is 37.3 Å². The maximum absolute atomic E-state index is 14.2. The highest BCUT2D eigenvalue weighted by molar-refractivity contribution is 9.10. The molecule has 0 saturated heterocycles. The van der Waals surface area contributed by atoms with Gasteiger partial charge in [0.15, 0.2) is 11.5 Å². The number of carbonyl (C=O) groups excluding carboxylic acids is 2. The first kappa shape index (κ1) is 32.3. The van der Waals surface area contributed by atoms with Crippen molar-refractivity contribution in [3.63, 3.8) is 0 Å². The van der Waals surface area contributed by atoms with Gasteiger partial charge in [-0.1, -0.05) is 65.5 Å². The van der Waals surface area contributed by atoms with Gasteiger partial charge >= 0.3 is 0 Å². The minimum absolute atomic E-state index is 0.0279. The van der Waals surface area contributed by atoms with Crippen LogP contribution in [0.2, 0.25) is 0 Å². The van der Waals surface area contributed by atoms with Crippen molar-refractivity contribution in [1.82, 2.24) is 10.2 Å². The molecule has 1 unspecified atom stereocenters. The maximum atomic E-state index is 14.2. The number of benzene rings is 3. The lowest BCUT2D eigenvalue weighted by molar-refractivity contribution is -0.139. The zero-order valence-electron chi connectivity index (χ0n) is 24.7. The van der Waals surface area contributed by atoms with Gasteiger partial charge in [0.05, 0.1) is 24.8 Å². The largest absolute Gasteiger partial charge is 0.493 e. The Hall–Kier alpha value is -3.57. The van der Waals surface area contributed by atoms with Crippen LogP contribution in [-0.4, -0.2) is 58.0 Å². The Bertz CT molecular complexity index is 1500. The Labute approximate surface area is 262 Å². The Morgan fingerprint density at radius 2 is 1.58 bits per heavy atom. The number of nitrogens with one attached hydrogen (secondary N) is 1. The summed E-state index contributed by atoms with van der Waals surface area (Å²) >= 11 is 3.44. The fraction of sp³-hybridized carbons (Fsp3) is 0.375. The number of amides is 2. The number of carbonyl (C=O) groups is 2. The molecule has 3 aromatic carbocycles. The number of hydrogen-bond donors (Lipinski definition) is 1. The van der Waals surface area contributed by atoms with Gasteiger partial charge in [0.25, 0.3) is 10.0 Å². The lowest BCUT2D eigenvalue weighted by Gasteiger charge is -2.33. The van der Waals surface area contributed by atoms with Gasteiger partial charge in [0.1, 0.15) is 12.6 Å². The van der Waals surface area contributed by atoms with E-state index in [4.69, 9.17) is 9.47 Å². The van der Waals surface area contributed by atoms with Crippen molar-refractivity contribution in [3.05, 3.63) is 82.8 Å². The van der Waals surface area contributed by atoms with E-state index in [1.807, 2.05) is 24.3 Å². The standard InChI is InChI=1S/C32H38BrN3O6S/c1-23(32(38)34-26-10-6-4-7-11-26)35(21-24-14-16-25(33)17-15-24)31(37)22-36(43(39,40)28-12-8-5-9-13-28)27-18-19-29(41-2)30(20-27)42-3/h5,8-9,12-20,23,26H,4,6-7,10-11,21-22H2,1-3H3,(H,34,38). The van der Waals surface area contributed by atoms with Gasteiger partial charge in [-0.25, -0.2) is 8.42 Å². The average molecular weight is 673 g/mol. The fourth-order valence-corrected chi connectivity index (χ4v) is 6.86. The SMILES string of the molecule is COc1ccc(N(CC(=O)N(Cc2ccc(Br)cc2)C(C)C(=O)NC2CCCCC2)S(=O)(=O)c2ccccc2)cc1OC. The molecule has 1 aliphatic carbocycles. The Balaban J connectivity index is 1.70. The predicted octanol–water partition coefficient (Wildman–Crippen LogP) is 5.53. The minimum Gasteiger partial charge on any atom is -0.493 e. The summed E-state index contributed by atoms with van der Waals surface area (Å²) in [4.78, 5) is 29.1. The van der Waals surface area contributed by atoms with Crippen LogP contribution in [0.4, 0.5) is 5.69 Å². The molecule has 1 fully saturated rings. The van der Waals surface area contributed by atoms with E-state index in [2.05, 4.69) is 21.2 Å². The molecule has 4 rings (SSSR count). The minimum atomic E-state index is -4.19. The zero-order valence-corrected chi connectivity index (χ0v) is 27.1. The van der Waals surface area contributed by atoms with Crippen molar-refractivity contribution in [1.29, 1.82) is 0 Å². The normalized spacial score (nSPS) is 14.4. The summed E-state index contributed by atoms with van der Waals surface area (Å²) in [5.74, 6) is -0.0587. The second-order valence-electron chi connectivity index (χ2n) is 10.5. The van der Waals surface area contributed by atoms with E-state index in [-0.39, 0.29) is 29.1 Å². The highest BCUT2D eigenvalue weighted by atomic mass is 79.9. The molecule has 1 aliphatic rings. The number of halogens is 1. The van der Waals surface area contributed by atoms with E-state index in [0.29, 0.717) is 11.5 Å². The van der Waals surface area contributed by atoms with Crippen LogP contribution in [0.3, 0.4) is 0 Å². The van der Waals surface area contributed by atoms with Gasteiger partial charge in [-0.2, -0.15) is 0 Å². The molecule has 230 valence electrons. The lowest BCUT2D eigenvalue weighted by atomic mass is 9.95. The van der Waals surface area contributed by atoms with Crippen molar-refractivity contribution in [2.24, 2.45) is 0 Å². The quantitative estimate of drug-likeness (QED) is 0.272. The van der Waals surface area contributed by atoms with Crippen LogP contribution in [0.15, 0.2) is 82.2 Å². The van der Waals surface area contributed by atoms with Crippen LogP contribution in [0.25, 0.3) is 0 Å². The number of sulfonamides is 1. The number of rotatable bonds is 12. The number of ether oxygens (including phenoxy) is 2. The summed E-state index contributed by atoms with van der Waals surface area (Å²) < 4.78 is 40.7. The molecule has 0 spiro atoms. The number of nitrogens with zero attached hydrogens (tertiary/aromatic N) is 2. The fourth-order valence-electron chi connectivity index (χ4n) is 5.17. The third-order valence-corrected chi connectivity index (χ3v) is 9.97. The van der Waals surface area contributed by atoms with Gasteiger partial charge in [-0.05, 0) is 61.7 Å². The molecule has 0 bridgehead atoms. The first-order chi connectivity index (χ1) is 20.6. The van der Waals surface area contributed by atoms with E-state index in [9.17, 15) is 18.0 Å². The Morgan fingerprint density at radius 3 is 2.21 bits per heavy atom. The Morgan fingerprint density at radius 1 is 0.930 bits per heavy atom. The van der Waals surface area contributed by atoms with E-state index in [1.165, 1.54) is 37.3 Å². The molecule has 1 saturated carbocycles. The molecule has 0 aliphatic heterocycles. The van der Waals surface area contributed by atoms with Crippen molar-refractivity contribution in [3.8, 4) is 11.5 Å². The molecule has 2 amide bonds. The topological polar surface area (TPSA) is 105 Å². The monoisotopic (exact) mass is 671 g/mol. The number of methoxy groups -OCH3 is 2. The van der Waals surface area contributed by atoms with E-state index >= 15 is 0 Å². The number of hydrogen-bond acceptors (Lipinski definition) is 6.